The predicted octanol–water partition coefficient (Wildman–Crippen LogP) is 0.962. The van der Waals surface area contributed by atoms with Gasteiger partial charge in [-0.05, 0) is 19.4 Å². The number of carbonyl (C=O) groups excluding carboxylic acids is 2. The maximum atomic E-state index is 12.1. The maximum Gasteiger partial charge on any atom is 0.327 e. The number of ether oxygens (including phenoxy) is 1. The highest BCUT2D eigenvalue weighted by atomic mass is 16.5. The third-order valence-corrected chi connectivity index (χ3v) is 3.88. The van der Waals surface area contributed by atoms with Crippen molar-refractivity contribution in [3.8, 4) is 0 Å². The van der Waals surface area contributed by atoms with Crippen LogP contribution in [0.2, 0.25) is 0 Å². The molecule has 0 saturated carbocycles. The zero-order valence-electron chi connectivity index (χ0n) is 13.4. The van der Waals surface area contributed by atoms with E-state index in [9.17, 15) is 9.59 Å². The van der Waals surface area contributed by atoms with Crippen LogP contribution in [0.1, 0.15) is 36.1 Å². The average molecular weight is 317 g/mol. The molecule has 0 fully saturated rings. The van der Waals surface area contributed by atoms with Crippen LogP contribution in [-0.2, 0) is 27.9 Å². The number of fused-ring (bicyclic) bond motifs is 1. The van der Waals surface area contributed by atoms with E-state index in [0.717, 1.165) is 16.8 Å². The predicted molar refractivity (Wildman–Crippen MR) is 81.9 cm³/mol. The van der Waals surface area contributed by atoms with E-state index < -0.39 is 0 Å². The quantitative estimate of drug-likeness (QED) is 0.848. The van der Waals surface area contributed by atoms with Gasteiger partial charge >= 0.3 is 5.97 Å². The van der Waals surface area contributed by atoms with Gasteiger partial charge in [-0.3, -0.25) is 14.3 Å². The molecule has 1 aliphatic heterocycles. The summed E-state index contributed by atoms with van der Waals surface area (Å²) in [5.74, 6) is -0.0176. The van der Waals surface area contributed by atoms with Crippen LogP contribution < -0.4 is 5.32 Å². The normalized spacial score (nSPS) is 16.8. The fraction of sp³-hybridized carbons (Fsp3) is 0.467. The molecule has 8 heteroatoms. The van der Waals surface area contributed by atoms with Crippen LogP contribution in [0.25, 0.3) is 0 Å². The number of rotatable bonds is 4. The summed E-state index contributed by atoms with van der Waals surface area (Å²) in [6.45, 7) is 3.92. The molecule has 2 aromatic rings. The largest absolute Gasteiger partial charge is 0.465 e. The fourth-order valence-electron chi connectivity index (χ4n) is 2.96. The Labute approximate surface area is 133 Å². The van der Waals surface area contributed by atoms with E-state index in [1.54, 1.807) is 17.8 Å². The van der Waals surface area contributed by atoms with Crippen molar-refractivity contribution in [3.63, 3.8) is 0 Å². The van der Waals surface area contributed by atoms with Crippen molar-refractivity contribution in [1.82, 2.24) is 19.6 Å². The molecule has 23 heavy (non-hydrogen) atoms. The number of aryl methyl sites for hydroxylation is 2. The molecule has 1 amide bonds. The molecule has 1 N–H and O–H groups in total. The number of hydrogen-bond acceptors (Lipinski definition) is 5. The standard InChI is InChI=1S/C15H19N5O3/c1-4-23-13(22)8-20-15-14(9(2)18-20)11(5-12(21)17-15)10-6-16-19(3)7-10/h6-7,11H,4-5,8H2,1-3H3,(H,17,21)/t11-/m0/s1. The van der Waals surface area contributed by atoms with Crippen LogP contribution in [0.3, 0.4) is 0 Å². The van der Waals surface area contributed by atoms with Crippen molar-refractivity contribution in [3.05, 3.63) is 29.2 Å². The van der Waals surface area contributed by atoms with Gasteiger partial charge in [-0.2, -0.15) is 10.2 Å². The van der Waals surface area contributed by atoms with E-state index in [1.807, 2.05) is 20.2 Å². The van der Waals surface area contributed by atoms with Crippen molar-refractivity contribution in [2.75, 3.05) is 11.9 Å². The molecule has 3 rings (SSSR count). The summed E-state index contributed by atoms with van der Waals surface area (Å²) in [4.78, 5) is 23.8. The fourth-order valence-corrected chi connectivity index (χ4v) is 2.96. The van der Waals surface area contributed by atoms with Gasteiger partial charge in [0.1, 0.15) is 12.4 Å². The SMILES string of the molecule is CCOC(=O)Cn1nc(C)c2c1NC(=O)C[C@H]2c1cnn(C)c1. The lowest BCUT2D eigenvalue weighted by molar-refractivity contribution is -0.144. The third-order valence-electron chi connectivity index (χ3n) is 3.88. The molecule has 2 aromatic heterocycles. The van der Waals surface area contributed by atoms with E-state index in [-0.39, 0.29) is 24.3 Å². The lowest BCUT2D eigenvalue weighted by atomic mass is 9.87. The third kappa shape index (κ3) is 2.84. The first kappa shape index (κ1) is 15.3. The van der Waals surface area contributed by atoms with Gasteiger partial charge in [0.05, 0.1) is 18.5 Å². The summed E-state index contributed by atoms with van der Waals surface area (Å²) in [6.07, 6.45) is 4.00. The Morgan fingerprint density at radius 2 is 2.30 bits per heavy atom. The van der Waals surface area contributed by atoms with E-state index >= 15 is 0 Å². The summed E-state index contributed by atoms with van der Waals surface area (Å²) < 4.78 is 8.17. The second kappa shape index (κ2) is 5.86. The molecule has 0 spiro atoms. The average Bonchev–Trinajstić information content (AvgIpc) is 3.03. The summed E-state index contributed by atoms with van der Waals surface area (Å²) in [5.41, 5.74) is 2.68. The van der Waals surface area contributed by atoms with Crippen LogP contribution in [0, 0.1) is 6.92 Å². The van der Waals surface area contributed by atoms with Gasteiger partial charge in [-0.25, -0.2) is 4.68 Å². The molecular formula is C15H19N5O3. The molecule has 0 aliphatic carbocycles. The number of hydrogen-bond donors (Lipinski definition) is 1. The van der Waals surface area contributed by atoms with Crippen molar-refractivity contribution in [1.29, 1.82) is 0 Å². The molecule has 0 saturated heterocycles. The van der Waals surface area contributed by atoms with Gasteiger partial charge < -0.3 is 10.1 Å². The smallest absolute Gasteiger partial charge is 0.327 e. The van der Waals surface area contributed by atoms with Crippen LogP contribution in [0.5, 0.6) is 0 Å². The zero-order chi connectivity index (χ0) is 16.6. The second-order valence-corrected chi connectivity index (χ2v) is 5.56. The van der Waals surface area contributed by atoms with E-state index in [4.69, 9.17) is 4.74 Å². The van der Waals surface area contributed by atoms with Crippen molar-refractivity contribution >= 4 is 17.7 Å². The highest BCUT2D eigenvalue weighted by Crippen LogP contribution is 2.38. The van der Waals surface area contributed by atoms with Gasteiger partial charge in [0.15, 0.2) is 0 Å². The first-order valence-electron chi connectivity index (χ1n) is 7.51. The molecule has 122 valence electrons. The molecular weight excluding hydrogens is 298 g/mol. The Balaban J connectivity index is 2.00. The molecule has 8 nitrogen and oxygen atoms in total. The maximum absolute atomic E-state index is 12.1. The van der Waals surface area contributed by atoms with E-state index in [2.05, 4.69) is 15.5 Å². The topological polar surface area (TPSA) is 91.0 Å². The summed E-state index contributed by atoms with van der Waals surface area (Å²) >= 11 is 0. The molecule has 0 aromatic carbocycles. The monoisotopic (exact) mass is 317 g/mol. The number of aromatic nitrogens is 4. The minimum atomic E-state index is -0.379. The molecule has 1 atom stereocenters. The number of esters is 1. The Hall–Kier alpha value is -2.64. The summed E-state index contributed by atoms with van der Waals surface area (Å²) in [7, 11) is 1.84. The first-order chi connectivity index (χ1) is 11.0. The number of carbonyl (C=O) groups is 2. The highest BCUT2D eigenvalue weighted by Gasteiger charge is 2.33. The van der Waals surface area contributed by atoms with Crippen molar-refractivity contribution in [2.45, 2.75) is 32.7 Å². The number of amides is 1. The van der Waals surface area contributed by atoms with Crippen LogP contribution >= 0.6 is 0 Å². The van der Waals surface area contributed by atoms with Gasteiger partial charge in [0, 0.05) is 31.1 Å². The Bertz CT molecular complexity index is 761. The van der Waals surface area contributed by atoms with Crippen LogP contribution in [0.4, 0.5) is 5.82 Å². The highest BCUT2D eigenvalue weighted by molar-refractivity contribution is 5.94. The van der Waals surface area contributed by atoms with Crippen molar-refractivity contribution < 1.29 is 14.3 Å². The lowest BCUT2D eigenvalue weighted by Gasteiger charge is -2.23. The van der Waals surface area contributed by atoms with E-state index in [1.165, 1.54) is 4.68 Å². The van der Waals surface area contributed by atoms with E-state index in [0.29, 0.717) is 18.8 Å². The molecule has 0 radical (unpaired) electrons. The Kier molecular flexibility index (Phi) is 3.89. The van der Waals surface area contributed by atoms with Crippen molar-refractivity contribution in [2.24, 2.45) is 7.05 Å². The first-order valence-corrected chi connectivity index (χ1v) is 7.51. The number of nitrogens with one attached hydrogen (secondary N) is 1. The molecule has 0 bridgehead atoms. The van der Waals surface area contributed by atoms with Gasteiger partial charge in [0.2, 0.25) is 5.91 Å². The Morgan fingerprint density at radius 3 is 2.96 bits per heavy atom. The van der Waals surface area contributed by atoms with Gasteiger partial charge in [-0.1, -0.05) is 0 Å². The lowest BCUT2D eigenvalue weighted by Crippen LogP contribution is -2.26. The summed E-state index contributed by atoms with van der Waals surface area (Å²) in [6, 6.07) is 0. The molecule has 1 aliphatic rings. The van der Waals surface area contributed by atoms with Gasteiger partial charge in [0.25, 0.3) is 0 Å². The minimum Gasteiger partial charge on any atom is -0.465 e. The van der Waals surface area contributed by atoms with Crippen LogP contribution in [0.15, 0.2) is 12.4 Å². The zero-order valence-corrected chi connectivity index (χ0v) is 13.4. The van der Waals surface area contributed by atoms with Gasteiger partial charge in [-0.15, -0.1) is 0 Å². The Morgan fingerprint density at radius 1 is 1.52 bits per heavy atom. The summed E-state index contributed by atoms with van der Waals surface area (Å²) in [5, 5.41) is 11.4. The number of anilines is 1. The number of nitrogens with zero attached hydrogens (tertiary/aromatic N) is 4. The molecule has 3 heterocycles. The molecule has 0 unspecified atom stereocenters. The van der Waals surface area contributed by atoms with Crippen LogP contribution in [-0.4, -0.2) is 38.0 Å². The minimum absolute atomic E-state index is 0.0238. The second-order valence-electron chi connectivity index (χ2n) is 5.56.